The smallest absolute Gasteiger partial charge is 0.338 e. The van der Waals surface area contributed by atoms with Gasteiger partial charge in [-0.15, -0.1) is 0 Å². The van der Waals surface area contributed by atoms with E-state index in [4.69, 9.17) is 9.52 Å². The normalized spacial score (nSPS) is 29.4. The van der Waals surface area contributed by atoms with Crippen LogP contribution in [0.25, 0.3) is 0 Å². The summed E-state index contributed by atoms with van der Waals surface area (Å²) in [5.74, 6) is 0.0345. The molecule has 1 amide bonds. The molecule has 5 nitrogen and oxygen atoms in total. The zero-order valence-corrected chi connectivity index (χ0v) is 9.89. The fourth-order valence-electron chi connectivity index (χ4n) is 3.23. The van der Waals surface area contributed by atoms with Gasteiger partial charge in [0.15, 0.2) is 5.76 Å². The third-order valence-corrected chi connectivity index (χ3v) is 4.12. The summed E-state index contributed by atoms with van der Waals surface area (Å²) in [6, 6.07) is 1.50. The van der Waals surface area contributed by atoms with Crippen molar-refractivity contribution in [3.63, 3.8) is 0 Å². The Morgan fingerprint density at radius 1 is 1.33 bits per heavy atom. The first-order chi connectivity index (χ1) is 8.63. The highest BCUT2D eigenvalue weighted by molar-refractivity contribution is 5.95. The van der Waals surface area contributed by atoms with Crippen molar-refractivity contribution in [2.45, 2.75) is 31.7 Å². The second kappa shape index (κ2) is 4.15. The fraction of sp³-hybridized carbons (Fsp3) is 0.538. The van der Waals surface area contributed by atoms with E-state index in [-0.39, 0.29) is 23.3 Å². The Morgan fingerprint density at radius 3 is 2.72 bits per heavy atom. The second-order valence-electron chi connectivity index (χ2n) is 5.26. The standard InChI is InChI=1S/C13H15NO4/c15-12(11-5-9(6-18-11)13(16)17)14-10-4-7-1-2-8(10)3-7/h5-8,10H,1-4H2,(H,14,15)(H,16,17). The van der Waals surface area contributed by atoms with Gasteiger partial charge in [0.1, 0.15) is 6.26 Å². The molecule has 1 aromatic rings. The molecule has 0 aromatic carbocycles. The number of carbonyl (C=O) groups excluding carboxylic acids is 1. The highest BCUT2D eigenvalue weighted by Crippen LogP contribution is 2.44. The summed E-state index contributed by atoms with van der Waals surface area (Å²) in [5.41, 5.74) is 0.00749. The molecule has 2 fully saturated rings. The van der Waals surface area contributed by atoms with Crippen molar-refractivity contribution < 1.29 is 19.1 Å². The summed E-state index contributed by atoms with van der Waals surface area (Å²) in [6.07, 6.45) is 5.82. The maximum absolute atomic E-state index is 11.9. The van der Waals surface area contributed by atoms with Crippen LogP contribution in [0.2, 0.25) is 0 Å². The molecular weight excluding hydrogens is 234 g/mol. The summed E-state index contributed by atoms with van der Waals surface area (Å²) >= 11 is 0. The lowest BCUT2D eigenvalue weighted by atomic mass is 9.95. The number of carbonyl (C=O) groups is 2. The Kier molecular flexibility index (Phi) is 2.61. The minimum absolute atomic E-state index is 0.00749. The molecule has 2 bridgehead atoms. The number of carboxylic acids is 1. The van der Waals surface area contributed by atoms with Gasteiger partial charge in [-0.05, 0) is 31.1 Å². The van der Waals surface area contributed by atoms with Gasteiger partial charge in [-0.3, -0.25) is 4.79 Å². The molecule has 0 spiro atoms. The third-order valence-electron chi connectivity index (χ3n) is 4.12. The van der Waals surface area contributed by atoms with Gasteiger partial charge in [0.25, 0.3) is 5.91 Å². The molecule has 3 rings (SSSR count). The van der Waals surface area contributed by atoms with Crippen LogP contribution in [0, 0.1) is 11.8 Å². The lowest BCUT2D eigenvalue weighted by molar-refractivity contribution is 0.0695. The van der Waals surface area contributed by atoms with E-state index in [1.54, 1.807) is 0 Å². The van der Waals surface area contributed by atoms with Gasteiger partial charge in [0, 0.05) is 12.1 Å². The molecule has 2 aliphatic carbocycles. The minimum Gasteiger partial charge on any atom is -0.478 e. The van der Waals surface area contributed by atoms with Crippen LogP contribution >= 0.6 is 0 Å². The van der Waals surface area contributed by atoms with Crippen LogP contribution < -0.4 is 5.32 Å². The summed E-state index contributed by atoms with van der Waals surface area (Å²) in [6.45, 7) is 0. The summed E-state index contributed by atoms with van der Waals surface area (Å²) in [4.78, 5) is 22.6. The van der Waals surface area contributed by atoms with Crippen LogP contribution in [0.3, 0.4) is 0 Å². The number of carboxylic acid groups (broad SMARTS) is 1. The minimum atomic E-state index is -1.09. The van der Waals surface area contributed by atoms with Crippen molar-refractivity contribution in [3.05, 3.63) is 23.7 Å². The first-order valence-electron chi connectivity index (χ1n) is 6.26. The molecule has 0 saturated heterocycles. The lowest BCUT2D eigenvalue weighted by Crippen LogP contribution is -2.38. The lowest BCUT2D eigenvalue weighted by Gasteiger charge is -2.22. The average molecular weight is 249 g/mol. The number of nitrogens with one attached hydrogen (secondary N) is 1. The average Bonchev–Trinajstić information content (AvgIpc) is 3.04. The van der Waals surface area contributed by atoms with E-state index < -0.39 is 5.97 Å². The molecule has 1 aromatic heterocycles. The maximum Gasteiger partial charge on any atom is 0.338 e. The third kappa shape index (κ3) is 1.89. The van der Waals surface area contributed by atoms with Crippen LogP contribution in [-0.2, 0) is 0 Å². The van der Waals surface area contributed by atoms with Gasteiger partial charge < -0.3 is 14.8 Å². The van der Waals surface area contributed by atoms with E-state index in [0.29, 0.717) is 5.92 Å². The summed E-state index contributed by atoms with van der Waals surface area (Å²) in [5, 5.41) is 11.7. The Labute approximate surface area is 104 Å². The molecule has 2 aliphatic rings. The van der Waals surface area contributed by atoms with Crippen LogP contribution in [0.5, 0.6) is 0 Å². The molecule has 3 atom stereocenters. The Hall–Kier alpha value is -1.78. The Morgan fingerprint density at radius 2 is 2.17 bits per heavy atom. The van der Waals surface area contributed by atoms with Crippen molar-refractivity contribution >= 4 is 11.9 Å². The Bertz CT molecular complexity index is 493. The van der Waals surface area contributed by atoms with Gasteiger partial charge in [-0.1, -0.05) is 6.42 Å². The summed E-state index contributed by atoms with van der Waals surface area (Å²) < 4.78 is 4.99. The van der Waals surface area contributed by atoms with E-state index in [1.807, 2.05) is 0 Å². The van der Waals surface area contributed by atoms with Crippen molar-refractivity contribution in [1.29, 1.82) is 0 Å². The zero-order valence-electron chi connectivity index (χ0n) is 9.89. The highest BCUT2D eigenvalue weighted by Gasteiger charge is 2.40. The van der Waals surface area contributed by atoms with Crippen LogP contribution in [0.1, 0.15) is 46.6 Å². The van der Waals surface area contributed by atoms with Gasteiger partial charge in [0.05, 0.1) is 5.56 Å². The molecule has 1 heterocycles. The van der Waals surface area contributed by atoms with E-state index in [1.165, 1.54) is 25.3 Å². The van der Waals surface area contributed by atoms with Crippen LogP contribution in [0.4, 0.5) is 0 Å². The molecule has 0 radical (unpaired) electrons. The molecule has 0 aliphatic heterocycles. The van der Waals surface area contributed by atoms with Gasteiger partial charge in [-0.2, -0.15) is 0 Å². The molecule has 2 N–H and O–H groups in total. The van der Waals surface area contributed by atoms with Gasteiger partial charge in [-0.25, -0.2) is 4.79 Å². The molecular formula is C13H15NO4. The number of hydrogen-bond donors (Lipinski definition) is 2. The quantitative estimate of drug-likeness (QED) is 0.857. The van der Waals surface area contributed by atoms with Crippen LogP contribution in [-0.4, -0.2) is 23.0 Å². The topological polar surface area (TPSA) is 79.5 Å². The fourth-order valence-corrected chi connectivity index (χ4v) is 3.23. The number of amides is 1. The molecule has 2 saturated carbocycles. The molecule has 3 unspecified atom stereocenters. The first kappa shape index (κ1) is 11.3. The number of fused-ring (bicyclic) bond motifs is 2. The highest BCUT2D eigenvalue weighted by atomic mass is 16.4. The van der Waals surface area contributed by atoms with Crippen molar-refractivity contribution in [3.8, 4) is 0 Å². The van der Waals surface area contributed by atoms with Crippen LogP contribution in [0.15, 0.2) is 16.7 Å². The largest absolute Gasteiger partial charge is 0.478 e. The molecule has 5 heteroatoms. The van der Waals surface area contributed by atoms with Crippen molar-refractivity contribution in [2.75, 3.05) is 0 Å². The zero-order chi connectivity index (χ0) is 12.7. The van der Waals surface area contributed by atoms with E-state index in [9.17, 15) is 9.59 Å². The second-order valence-corrected chi connectivity index (χ2v) is 5.26. The monoisotopic (exact) mass is 249 g/mol. The number of aromatic carboxylic acids is 1. The molecule has 96 valence electrons. The number of furan rings is 1. The maximum atomic E-state index is 11.9. The summed E-state index contributed by atoms with van der Waals surface area (Å²) in [7, 11) is 0. The van der Waals surface area contributed by atoms with E-state index in [2.05, 4.69) is 5.32 Å². The predicted molar refractivity (Wildman–Crippen MR) is 62.4 cm³/mol. The van der Waals surface area contributed by atoms with Crippen molar-refractivity contribution in [1.82, 2.24) is 5.32 Å². The Balaban J connectivity index is 1.65. The SMILES string of the molecule is O=C(O)c1coc(C(=O)NC2CC3CCC2C3)c1. The molecule has 18 heavy (non-hydrogen) atoms. The predicted octanol–water partition coefficient (Wildman–Crippen LogP) is 1.90. The van der Waals surface area contributed by atoms with E-state index >= 15 is 0 Å². The van der Waals surface area contributed by atoms with Gasteiger partial charge >= 0.3 is 5.97 Å². The number of rotatable bonds is 3. The van der Waals surface area contributed by atoms with Gasteiger partial charge in [0.2, 0.25) is 0 Å². The number of hydrogen-bond acceptors (Lipinski definition) is 3. The van der Waals surface area contributed by atoms with E-state index in [0.717, 1.165) is 18.6 Å². The van der Waals surface area contributed by atoms with Crippen molar-refractivity contribution in [2.24, 2.45) is 11.8 Å². The first-order valence-corrected chi connectivity index (χ1v) is 6.26.